The predicted octanol–water partition coefficient (Wildman–Crippen LogP) is 4.53. The van der Waals surface area contributed by atoms with Gasteiger partial charge in [-0.05, 0) is 29.8 Å². The molecule has 2 aromatic carbocycles. The Labute approximate surface area is 178 Å². The van der Waals surface area contributed by atoms with Crippen LogP contribution in [-0.4, -0.2) is 28.3 Å². The van der Waals surface area contributed by atoms with Crippen molar-refractivity contribution in [1.29, 1.82) is 0 Å². The number of nitrogens with zero attached hydrogens (tertiary/aromatic N) is 1. The Bertz CT molecular complexity index is 1070. The van der Waals surface area contributed by atoms with Crippen molar-refractivity contribution in [3.8, 4) is 5.75 Å². The van der Waals surface area contributed by atoms with E-state index in [9.17, 15) is 22.8 Å². The third-order valence-electron chi connectivity index (χ3n) is 3.92. The maximum atomic E-state index is 12.5. The number of aromatic nitrogens is 1. The zero-order valence-electron chi connectivity index (χ0n) is 15.8. The van der Waals surface area contributed by atoms with Gasteiger partial charge in [-0.2, -0.15) is 0 Å². The van der Waals surface area contributed by atoms with Crippen molar-refractivity contribution in [2.75, 3.05) is 10.6 Å². The summed E-state index contributed by atoms with van der Waals surface area (Å²) in [5.74, 6) is -1.77. The summed E-state index contributed by atoms with van der Waals surface area (Å²) in [6.45, 7) is 0.213. The van der Waals surface area contributed by atoms with Gasteiger partial charge in [-0.3, -0.25) is 14.9 Å². The molecule has 7 nitrogen and oxygen atoms in total. The number of carbonyl (C=O) groups is 2. The molecule has 3 aromatic rings. The lowest BCUT2D eigenvalue weighted by Gasteiger charge is -2.14. The molecule has 3 N–H and O–H groups in total. The van der Waals surface area contributed by atoms with Crippen LogP contribution in [0.5, 0.6) is 5.75 Å². The fourth-order valence-corrected chi connectivity index (χ4v) is 3.27. The number of alkyl halides is 3. The maximum absolute atomic E-state index is 12.5. The standard InChI is InChI=1S/C20H16F3N3O4S/c21-20(22,23)30-16-4-2-1-3-15(16)24-10-12-5-7-13(8-6-12)18(29)26-19-25-14(11-31-19)9-17(27)28/h1-8,11,24H,9-10H2,(H,27,28)(H,25,26,29). The number of benzene rings is 2. The Balaban J connectivity index is 1.59. The Morgan fingerprint density at radius 1 is 1.10 bits per heavy atom. The quantitative estimate of drug-likeness (QED) is 0.465. The highest BCUT2D eigenvalue weighted by atomic mass is 32.1. The minimum atomic E-state index is -4.79. The topological polar surface area (TPSA) is 101 Å². The zero-order valence-corrected chi connectivity index (χ0v) is 16.6. The molecule has 11 heteroatoms. The van der Waals surface area contributed by atoms with Crippen LogP contribution < -0.4 is 15.4 Å². The van der Waals surface area contributed by atoms with Gasteiger partial charge < -0.3 is 15.2 Å². The number of halogens is 3. The van der Waals surface area contributed by atoms with Crippen LogP contribution in [0.2, 0.25) is 0 Å². The lowest BCUT2D eigenvalue weighted by Crippen LogP contribution is -2.18. The first-order chi connectivity index (χ1) is 14.7. The van der Waals surface area contributed by atoms with Gasteiger partial charge in [-0.15, -0.1) is 24.5 Å². The number of thiazole rings is 1. The molecule has 3 rings (SSSR count). The SMILES string of the molecule is O=C(O)Cc1csc(NC(=O)c2ccc(CNc3ccccc3OC(F)(F)F)cc2)n1. The van der Waals surface area contributed by atoms with E-state index in [1.54, 1.807) is 35.7 Å². The highest BCUT2D eigenvalue weighted by Crippen LogP contribution is 2.30. The van der Waals surface area contributed by atoms with Gasteiger partial charge in [-0.1, -0.05) is 24.3 Å². The van der Waals surface area contributed by atoms with E-state index >= 15 is 0 Å². The summed E-state index contributed by atoms with van der Waals surface area (Å²) in [5.41, 5.74) is 1.61. The average Bonchev–Trinajstić information content (AvgIpc) is 3.12. The number of para-hydroxylation sites is 2. The molecule has 0 radical (unpaired) electrons. The molecule has 0 aliphatic rings. The number of ether oxygens (including phenoxy) is 1. The third-order valence-corrected chi connectivity index (χ3v) is 4.72. The molecule has 0 saturated heterocycles. The van der Waals surface area contributed by atoms with E-state index in [1.165, 1.54) is 18.2 Å². The molecular formula is C20H16F3N3O4S. The molecule has 31 heavy (non-hydrogen) atoms. The van der Waals surface area contributed by atoms with Gasteiger partial charge in [0.25, 0.3) is 5.91 Å². The van der Waals surface area contributed by atoms with Crippen molar-refractivity contribution in [2.45, 2.75) is 19.3 Å². The monoisotopic (exact) mass is 451 g/mol. The number of hydrogen-bond acceptors (Lipinski definition) is 6. The summed E-state index contributed by atoms with van der Waals surface area (Å²) in [4.78, 5) is 27.0. The summed E-state index contributed by atoms with van der Waals surface area (Å²) in [6.07, 6.45) is -5.02. The number of nitrogens with one attached hydrogen (secondary N) is 2. The van der Waals surface area contributed by atoms with E-state index in [2.05, 4.69) is 20.4 Å². The van der Waals surface area contributed by atoms with Crippen molar-refractivity contribution in [2.24, 2.45) is 0 Å². The molecule has 1 amide bonds. The number of carbonyl (C=O) groups excluding carboxylic acids is 1. The molecule has 162 valence electrons. The molecule has 0 spiro atoms. The molecule has 0 saturated carbocycles. The van der Waals surface area contributed by atoms with E-state index in [-0.39, 0.29) is 29.5 Å². The van der Waals surface area contributed by atoms with Gasteiger partial charge in [0, 0.05) is 17.5 Å². The van der Waals surface area contributed by atoms with Gasteiger partial charge >= 0.3 is 12.3 Å². The van der Waals surface area contributed by atoms with Crippen LogP contribution >= 0.6 is 11.3 Å². The zero-order chi connectivity index (χ0) is 22.4. The summed E-state index contributed by atoms with van der Waals surface area (Å²) >= 11 is 1.12. The lowest BCUT2D eigenvalue weighted by atomic mass is 10.1. The van der Waals surface area contributed by atoms with Crippen LogP contribution in [0.15, 0.2) is 53.9 Å². The van der Waals surface area contributed by atoms with Gasteiger partial charge in [0.1, 0.15) is 0 Å². The first-order valence-corrected chi connectivity index (χ1v) is 9.73. The second-order valence-electron chi connectivity index (χ2n) is 6.26. The fraction of sp³-hybridized carbons (Fsp3) is 0.150. The lowest BCUT2D eigenvalue weighted by molar-refractivity contribution is -0.274. The van der Waals surface area contributed by atoms with E-state index < -0.39 is 18.2 Å². The van der Waals surface area contributed by atoms with Gasteiger partial charge in [0.05, 0.1) is 17.8 Å². The van der Waals surface area contributed by atoms with Crippen LogP contribution in [0.25, 0.3) is 0 Å². The normalized spacial score (nSPS) is 11.1. The minimum absolute atomic E-state index is 0.183. The molecule has 1 aromatic heterocycles. The molecule has 0 aliphatic carbocycles. The first kappa shape index (κ1) is 22.1. The van der Waals surface area contributed by atoms with Crippen LogP contribution in [0, 0.1) is 0 Å². The number of rotatable bonds is 8. The Morgan fingerprint density at radius 3 is 2.48 bits per heavy atom. The van der Waals surface area contributed by atoms with Crippen molar-refractivity contribution < 1.29 is 32.6 Å². The van der Waals surface area contributed by atoms with E-state index in [4.69, 9.17) is 5.11 Å². The number of anilines is 2. The summed E-state index contributed by atoms with van der Waals surface area (Å²) in [5, 5.41) is 16.1. The molecule has 0 aliphatic heterocycles. The van der Waals surface area contributed by atoms with Crippen molar-refractivity contribution in [3.05, 3.63) is 70.7 Å². The van der Waals surface area contributed by atoms with E-state index in [0.29, 0.717) is 11.3 Å². The minimum Gasteiger partial charge on any atom is -0.481 e. The Hall–Kier alpha value is -3.60. The van der Waals surface area contributed by atoms with Crippen LogP contribution in [0.3, 0.4) is 0 Å². The number of hydrogen-bond donors (Lipinski definition) is 3. The van der Waals surface area contributed by atoms with Crippen molar-refractivity contribution >= 4 is 34.0 Å². The molecular weight excluding hydrogens is 435 g/mol. The second kappa shape index (κ2) is 9.47. The fourth-order valence-electron chi connectivity index (χ4n) is 2.57. The largest absolute Gasteiger partial charge is 0.573 e. The number of amides is 1. The Morgan fingerprint density at radius 2 is 1.81 bits per heavy atom. The highest BCUT2D eigenvalue weighted by molar-refractivity contribution is 7.14. The third kappa shape index (κ3) is 6.71. The van der Waals surface area contributed by atoms with Gasteiger partial charge in [-0.25, -0.2) is 4.98 Å². The van der Waals surface area contributed by atoms with Gasteiger partial charge in [0.2, 0.25) is 0 Å². The number of carboxylic acids is 1. The summed E-state index contributed by atoms with van der Waals surface area (Å²) < 4.78 is 41.5. The van der Waals surface area contributed by atoms with Gasteiger partial charge in [0.15, 0.2) is 10.9 Å². The number of carboxylic acid groups (broad SMARTS) is 1. The van der Waals surface area contributed by atoms with E-state index in [1.807, 2.05) is 0 Å². The summed E-state index contributed by atoms with van der Waals surface area (Å²) in [7, 11) is 0. The van der Waals surface area contributed by atoms with Crippen molar-refractivity contribution in [1.82, 2.24) is 4.98 Å². The second-order valence-corrected chi connectivity index (χ2v) is 7.12. The first-order valence-electron chi connectivity index (χ1n) is 8.85. The Kier molecular flexibility index (Phi) is 6.75. The molecule has 0 unspecified atom stereocenters. The molecule has 0 atom stereocenters. The molecule has 0 fully saturated rings. The van der Waals surface area contributed by atoms with Crippen LogP contribution in [0.1, 0.15) is 21.6 Å². The van der Waals surface area contributed by atoms with Crippen LogP contribution in [-0.2, 0) is 17.8 Å². The average molecular weight is 451 g/mol. The molecule has 1 heterocycles. The van der Waals surface area contributed by atoms with Crippen LogP contribution in [0.4, 0.5) is 24.0 Å². The maximum Gasteiger partial charge on any atom is 0.573 e. The van der Waals surface area contributed by atoms with Crippen molar-refractivity contribution in [3.63, 3.8) is 0 Å². The van der Waals surface area contributed by atoms with E-state index in [0.717, 1.165) is 16.9 Å². The molecule has 0 bridgehead atoms. The predicted molar refractivity (Wildman–Crippen MR) is 108 cm³/mol. The number of aliphatic carboxylic acids is 1. The summed E-state index contributed by atoms with van der Waals surface area (Å²) in [6, 6.07) is 12.2. The highest BCUT2D eigenvalue weighted by Gasteiger charge is 2.32. The smallest absolute Gasteiger partial charge is 0.481 e.